The molecule has 0 radical (unpaired) electrons. The second kappa shape index (κ2) is 4.10. The number of hydrogen-bond donors (Lipinski definition) is 0. The lowest BCUT2D eigenvalue weighted by molar-refractivity contribution is 0.390. The van der Waals surface area contributed by atoms with Crippen molar-refractivity contribution in [1.29, 1.82) is 0 Å². The van der Waals surface area contributed by atoms with Gasteiger partial charge in [-0.3, -0.25) is 0 Å². The van der Waals surface area contributed by atoms with Crippen LogP contribution in [0.4, 0.5) is 0 Å². The molecule has 0 saturated heterocycles. The topological polar surface area (TPSA) is 0 Å². The Labute approximate surface area is 77.5 Å². The average Bonchev–Trinajstić information content (AvgIpc) is 2.03. The van der Waals surface area contributed by atoms with E-state index in [0.717, 1.165) is 5.33 Å². The van der Waals surface area contributed by atoms with Crippen LogP contribution in [0.3, 0.4) is 0 Å². The van der Waals surface area contributed by atoms with E-state index in [9.17, 15) is 0 Å². The SMILES string of the molecule is CC1(CCCBr)C=CC=CC1. The van der Waals surface area contributed by atoms with Crippen molar-refractivity contribution in [2.24, 2.45) is 5.41 Å². The molecule has 1 atom stereocenters. The molecule has 1 aliphatic carbocycles. The fraction of sp³-hybridized carbons (Fsp3) is 0.600. The summed E-state index contributed by atoms with van der Waals surface area (Å²) >= 11 is 3.46. The number of halogens is 1. The van der Waals surface area contributed by atoms with Crippen LogP contribution in [-0.4, -0.2) is 5.33 Å². The summed E-state index contributed by atoms with van der Waals surface area (Å²) in [5, 5.41) is 1.13. The number of alkyl halides is 1. The standard InChI is InChI=1S/C10H15Br/c1-10(8-5-9-11)6-3-2-4-7-10/h2-4,6H,5,7-9H2,1H3. The third-order valence-corrected chi connectivity index (χ3v) is 2.77. The van der Waals surface area contributed by atoms with E-state index < -0.39 is 0 Å². The summed E-state index contributed by atoms with van der Waals surface area (Å²) in [7, 11) is 0. The van der Waals surface area contributed by atoms with Gasteiger partial charge in [-0.2, -0.15) is 0 Å². The average molecular weight is 215 g/mol. The predicted octanol–water partition coefficient (Wildman–Crippen LogP) is 3.68. The molecule has 62 valence electrons. The lowest BCUT2D eigenvalue weighted by atomic mass is 9.80. The number of allylic oxidation sites excluding steroid dienone is 4. The Bertz CT molecular complexity index is 170. The van der Waals surface area contributed by atoms with Crippen LogP contribution >= 0.6 is 15.9 Å². The van der Waals surface area contributed by atoms with E-state index in [4.69, 9.17) is 0 Å². The van der Waals surface area contributed by atoms with E-state index in [1.165, 1.54) is 19.3 Å². The summed E-state index contributed by atoms with van der Waals surface area (Å²) in [5.41, 5.74) is 0.433. The summed E-state index contributed by atoms with van der Waals surface area (Å²) in [6, 6.07) is 0. The van der Waals surface area contributed by atoms with Crippen molar-refractivity contribution in [3.05, 3.63) is 24.3 Å². The van der Waals surface area contributed by atoms with Crippen molar-refractivity contribution in [1.82, 2.24) is 0 Å². The zero-order chi connectivity index (χ0) is 8.16. The Hall–Kier alpha value is -0.0400. The molecule has 1 heteroatoms. The fourth-order valence-electron chi connectivity index (χ4n) is 1.43. The highest BCUT2D eigenvalue weighted by Gasteiger charge is 2.19. The Balaban J connectivity index is 2.40. The monoisotopic (exact) mass is 214 g/mol. The van der Waals surface area contributed by atoms with Crippen molar-refractivity contribution >= 4 is 15.9 Å². The summed E-state index contributed by atoms with van der Waals surface area (Å²) in [6.07, 6.45) is 12.7. The van der Waals surface area contributed by atoms with Gasteiger partial charge in [0.15, 0.2) is 0 Å². The van der Waals surface area contributed by atoms with Gasteiger partial charge in [0.25, 0.3) is 0 Å². The second-order valence-electron chi connectivity index (χ2n) is 3.44. The van der Waals surface area contributed by atoms with Crippen LogP contribution in [-0.2, 0) is 0 Å². The van der Waals surface area contributed by atoms with Crippen LogP contribution in [0.25, 0.3) is 0 Å². The van der Waals surface area contributed by atoms with Crippen molar-refractivity contribution < 1.29 is 0 Å². The molecule has 0 aliphatic heterocycles. The van der Waals surface area contributed by atoms with E-state index >= 15 is 0 Å². The van der Waals surface area contributed by atoms with E-state index in [-0.39, 0.29) is 0 Å². The van der Waals surface area contributed by atoms with Crippen molar-refractivity contribution in [2.75, 3.05) is 5.33 Å². The van der Waals surface area contributed by atoms with E-state index in [1.54, 1.807) is 0 Å². The Morgan fingerprint density at radius 2 is 2.27 bits per heavy atom. The van der Waals surface area contributed by atoms with Gasteiger partial charge in [-0.15, -0.1) is 0 Å². The molecule has 0 fully saturated rings. The van der Waals surface area contributed by atoms with Crippen LogP contribution in [0.2, 0.25) is 0 Å². The molecule has 0 N–H and O–H groups in total. The molecule has 0 aromatic rings. The lowest BCUT2D eigenvalue weighted by Crippen LogP contribution is -2.13. The first-order chi connectivity index (χ1) is 5.27. The molecule has 1 unspecified atom stereocenters. The number of hydrogen-bond acceptors (Lipinski definition) is 0. The Morgan fingerprint density at radius 1 is 1.45 bits per heavy atom. The molecule has 1 rings (SSSR count). The molecular formula is C10H15Br. The van der Waals surface area contributed by atoms with Crippen molar-refractivity contribution in [2.45, 2.75) is 26.2 Å². The minimum atomic E-state index is 0.433. The maximum Gasteiger partial charge on any atom is 0.00316 e. The van der Waals surface area contributed by atoms with Gasteiger partial charge in [-0.05, 0) is 24.7 Å². The smallest absolute Gasteiger partial charge is 0.00316 e. The molecule has 0 amide bonds. The molecule has 0 heterocycles. The third-order valence-electron chi connectivity index (χ3n) is 2.21. The van der Waals surface area contributed by atoms with Crippen LogP contribution in [0.15, 0.2) is 24.3 Å². The molecule has 0 nitrogen and oxygen atoms in total. The van der Waals surface area contributed by atoms with Gasteiger partial charge in [0.1, 0.15) is 0 Å². The van der Waals surface area contributed by atoms with Gasteiger partial charge in [-0.25, -0.2) is 0 Å². The minimum absolute atomic E-state index is 0.433. The second-order valence-corrected chi connectivity index (χ2v) is 4.23. The van der Waals surface area contributed by atoms with E-state index in [2.05, 4.69) is 47.2 Å². The Kier molecular flexibility index (Phi) is 3.38. The van der Waals surface area contributed by atoms with Gasteiger partial charge >= 0.3 is 0 Å². The highest BCUT2D eigenvalue weighted by molar-refractivity contribution is 9.09. The zero-order valence-corrected chi connectivity index (χ0v) is 8.60. The lowest BCUT2D eigenvalue weighted by Gasteiger charge is -2.25. The van der Waals surface area contributed by atoms with E-state index in [1.807, 2.05) is 0 Å². The third kappa shape index (κ3) is 2.82. The van der Waals surface area contributed by atoms with Crippen LogP contribution in [0.5, 0.6) is 0 Å². The molecule has 0 bridgehead atoms. The van der Waals surface area contributed by atoms with Crippen LogP contribution in [0, 0.1) is 5.41 Å². The van der Waals surface area contributed by atoms with Gasteiger partial charge in [-0.1, -0.05) is 47.2 Å². The zero-order valence-electron chi connectivity index (χ0n) is 7.02. The first-order valence-corrected chi connectivity index (χ1v) is 5.29. The fourth-order valence-corrected chi connectivity index (χ4v) is 1.71. The maximum absolute atomic E-state index is 3.46. The van der Waals surface area contributed by atoms with Crippen molar-refractivity contribution in [3.63, 3.8) is 0 Å². The van der Waals surface area contributed by atoms with Gasteiger partial charge in [0.05, 0.1) is 0 Å². The molecule has 0 saturated carbocycles. The quantitative estimate of drug-likeness (QED) is 0.630. The summed E-state index contributed by atoms with van der Waals surface area (Å²) in [4.78, 5) is 0. The van der Waals surface area contributed by atoms with Gasteiger partial charge in [0.2, 0.25) is 0 Å². The first-order valence-electron chi connectivity index (χ1n) is 4.17. The van der Waals surface area contributed by atoms with Crippen molar-refractivity contribution in [3.8, 4) is 0 Å². The Morgan fingerprint density at radius 3 is 2.82 bits per heavy atom. The normalized spacial score (nSPS) is 29.3. The number of rotatable bonds is 3. The van der Waals surface area contributed by atoms with E-state index in [0.29, 0.717) is 5.41 Å². The summed E-state index contributed by atoms with van der Waals surface area (Å²) in [5.74, 6) is 0. The molecular weight excluding hydrogens is 200 g/mol. The summed E-state index contributed by atoms with van der Waals surface area (Å²) < 4.78 is 0. The molecule has 0 aromatic heterocycles. The maximum atomic E-state index is 3.46. The van der Waals surface area contributed by atoms with Gasteiger partial charge in [0, 0.05) is 5.33 Å². The largest absolute Gasteiger partial charge is 0.0928 e. The highest BCUT2D eigenvalue weighted by atomic mass is 79.9. The first kappa shape index (κ1) is 9.05. The molecule has 1 aliphatic rings. The van der Waals surface area contributed by atoms with Crippen LogP contribution < -0.4 is 0 Å². The van der Waals surface area contributed by atoms with Gasteiger partial charge < -0.3 is 0 Å². The molecule has 11 heavy (non-hydrogen) atoms. The minimum Gasteiger partial charge on any atom is -0.0928 e. The molecule has 0 spiro atoms. The van der Waals surface area contributed by atoms with Crippen LogP contribution in [0.1, 0.15) is 26.2 Å². The summed E-state index contributed by atoms with van der Waals surface area (Å²) in [6.45, 7) is 2.33. The predicted molar refractivity (Wildman–Crippen MR) is 54.0 cm³/mol. The molecule has 0 aromatic carbocycles. The highest BCUT2D eigenvalue weighted by Crippen LogP contribution is 2.32.